The molecule has 2 N–H and O–H groups in total. The minimum absolute atomic E-state index is 0.103. The molecule has 182 valence electrons. The van der Waals surface area contributed by atoms with Gasteiger partial charge in [0.2, 0.25) is 13.6 Å². The maximum Gasteiger partial charge on any atom is 0.343 e. The summed E-state index contributed by atoms with van der Waals surface area (Å²) in [5.41, 5.74) is 3.63. The number of carboxylic acids is 2. The molecule has 0 aliphatic carbocycles. The Morgan fingerprint density at radius 1 is 0.943 bits per heavy atom. The van der Waals surface area contributed by atoms with Gasteiger partial charge in [-0.1, -0.05) is 6.07 Å². The number of ether oxygens (including phenoxy) is 5. The third kappa shape index (κ3) is 4.10. The van der Waals surface area contributed by atoms with E-state index in [2.05, 4.69) is 18.0 Å². The predicted molar refractivity (Wildman–Crippen MR) is 117 cm³/mol. The van der Waals surface area contributed by atoms with Crippen molar-refractivity contribution >= 4 is 17.9 Å². The second kappa shape index (κ2) is 8.84. The number of likely N-dealkylation sites (N-methyl/N-ethyl adjacent to an activating group) is 1. The first kappa shape index (κ1) is 22.5. The van der Waals surface area contributed by atoms with Crippen LogP contribution in [0, 0.1) is 0 Å². The first-order valence-electron chi connectivity index (χ1n) is 10.7. The van der Waals surface area contributed by atoms with Crippen molar-refractivity contribution in [3.8, 4) is 23.0 Å². The summed E-state index contributed by atoms with van der Waals surface area (Å²) in [6, 6.07) is 7.73. The van der Waals surface area contributed by atoms with Crippen LogP contribution in [-0.4, -0.2) is 60.2 Å². The Kier molecular flexibility index (Phi) is 5.69. The maximum atomic E-state index is 12.7. The summed E-state index contributed by atoms with van der Waals surface area (Å²) >= 11 is 0. The number of esters is 1. The molecular weight excluding hydrogens is 462 g/mol. The number of carboxylic acid groups (broad SMARTS) is 2. The summed E-state index contributed by atoms with van der Waals surface area (Å²) in [4.78, 5) is 34.0. The first-order valence-corrected chi connectivity index (χ1v) is 10.7. The van der Waals surface area contributed by atoms with Gasteiger partial charge in [0.15, 0.2) is 23.0 Å². The lowest BCUT2D eigenvalue weighted by Crippen LogP contribution is -2.36. The molecule has 2 aromatic rings. The van der Waals surface area contributed by atoms with Crippen LogP contribution in [0.3, 0.4) is 0 Å². The smallest absolute Gasteiger partial charge is 0.343 e. The van der Waals surface area contributed by atoms with Crippen LogP contribution in [0.1, 0.15) is 39.2 Å². The molecule has 0 amide bonds. The molecule has 4 aliphatic heterocycles. The molecule has 11 nitrogen and oxygen atoms in total. The molecule has 0 unspecified atom stereocenters. The molecule has 2 atom stereocenters. The van der Waals surface area contributed by atoms with E-state index in [9.17, 15) is 14.4 Å². The third-order valence-corrected chi connectivity index (χ3v) is 6.13. The molecule has 0 saturated carbocycles. The summed E-state index contributed by atoms with van der Waals surface area (Å²) < 4.78 is 27.9. The van der Waals surface area contributed by atoms with Gasteiger partial charge in [-0.3, -0.25) is 4.90 Å². The molecule has 0 spiro atoms. The van der Waals surface area contributed by atoms with Gasteiger partial charge in [0, 0.05) is 24.3 Å². The molecule has 0 bridgehead atoms. The maximum absolute atomic E-state index is 12.7. The minimum atomic E-state index is -1.26. The lowest BCUT2D eigenvalue weighted by Gasteiger charge is -2.37. The van der Waals surface area contributed by atoms with Crippen molar-refractivity contribution < 1.29 is 48.3 Å². The molecular formula is C24H21NO10. The molecule has 0 radical (unpaired) electrons. The Bertz CT molecular complexity index is 1240. The Morgan fingerprint density at radius 3 is 2.31 bits per heavy atom. The van der Waals surface area contributed by atoms with E-state index >= 15 is 0 Å². The Hall–Kier alpha value is -4.25. The molecule has 35 heavy (non-hydrogen) atoms. The fourth-order valence-electron chi connectivity index (χ4n) is 4.61. The van der Waals surface area contributed by atoms with Gasteiger partial charge in [0.1, 0.15) is 11.7 Å². The van der Waals surface area contributed by atoms with Crippen LogP contribution in [0.15, 0.2) is 36.4 Å². The van der Waals surface area contributed by atoms with Gasteiger partial charge in [0.25, 0.3) is 0 Å². The van der Waals surface area contributed by atoms with E-state index in [-0.39, 0.29) is 25.6 Å². The van der Waals surface area contributed by atoms with Gasteiger partial charge < -0.3 is 33.9 Å². The second-order valence-corrected chi connectivity index (χ2v) is 8.18. The number of rotatable bonds is 3. The van der Waals surface area contributed by atoms with Gasteiger partial charge in [-0.05, 0) is 42.8 Å². The van der Waals surface area contributed by atoms with Crippen LogP contribution < -0.4 is 18.9 Å². The lowest BCUT2D eigenvalue weighted by molar-refractivity contribution is -0.134. The molecule has 4 aliphatic rings. The summed E-state index contributed by atoms with van der Waals surface area (Å²) in [5.74, 6) is -0.275. The highest BCUT2D eigenvalue weighted by Gasteiger charge is 2.45. The van der Waals surface area contributed by atoms with Gasteiger partial charge in [-0.15, -0.1) is 0 Å². The standard InChI is InChI=1S/C20H17NO6.C4H4O4/c1-21-5-4-10-6-14-15(25-8-24-14)7-12(10)17(21)18-11-2-3-13-19(26-9-23-13)16(11)20(22)27-18;5-3(6)1-2-4(7)8/h2-3,6-7,17-18H,4-5,8-9H2,1H3;1-2H,(H,5,6)(H,7,8)/b;2-1-/t17-,18+;/m0./s1. The van der Waals surface area contributed by atoms with E-state index in [1.807, 2.05) is 18.2 Å². The van der Waals surface area contributed by atoms with Gasteiger partial charge in [0.05, 0.1) is 6.04 Å². The normalized spacial score (nSPS) is 21.1. The molecule has 0 fully saturated rings. The van der Waals surface area contributed by atoms with E-state index < -0.39 is 18.0 Å². The summed E-state index contributed by atoms with van der Waals surface area (Å²) in [6.07, 6.45) is 1.62. The van der Waals surface area contributed by atoms with Crippen molar-refractivity contribution in [1.29, 1.82) is 0 Å². The van der Waals surface area contributed by atoms with Crippen molar-refractivity contribution in [2.45, 2.75) is 18.6 Å². The highest BCUT2D eigenvalue weighted by atomic mass is 16.7. The average molecular weight is 483 g/mol. The topological polar surface area (TPSA) is 141 Å². The largest absolute Gasteiger partial charge is 0.478 e. The van der Waals surface area contributed by atoms with E-state index in [4.69, 9.17) is 33.9 Å². The van der Waals surface area contributed by atoms with Crippen molar-refractivity contribution in [3.05, 3.63) is 58.7 Å². The molecule has 0 aromatic heterocycles. The number of benzene rings is 2. The monoisotopic (exact) mass is 483 g/mol. The van der Waals surface area contributed by atoms with Gasteiger partial charge >= 0.3 is 17.9 Å². The van der Waals surface area contributed by atoms with Crippen LogP contribution in [0.25, 0.3) is 0 Å². The zero-order valence-corrected chi connectivity index (χ0v) is 18.6. The van der Waals surface area contributed by atoms with Crippen LogP contribution in [-0.2, 0) is 20.7 Å². The summed E-state index contributed by atoms with van der Waals surface area (Å²) in [6.45, 7) is 1.23. The van der Waals surface area contributed by atoms with Crippen molar-refractivity contribution in [2.24, 2.45) is 0 Å². The van der Waals surface area contributed by atoms with E-state index in [0.29, 0.717) is 29.2 Å². The van der Waals surface area contributed by atoms with Gasteiger partial charge in [-0.2, -0.15) is 0 Å². The predicted octanol–water partition coefficient (Wildman–Crippen LogP) is 2.30. The highest BCUT2D eigenvalue weighted by Crippen LogP contribution is 2.51. The van der Waals surface area contributed by atoms with Crippen molar-refractivity contribution in [3.63, 3.8) is 0 Å². The number of fused-ring (bicyclic) bond motifs is 5. The van der Waals surface area contributed by atoms with E-state index in [1.54, 1.807) is 0 Å². The molecule has 2 aromatic carbocycles. The quantitative estimate of drug-likeness (QED) is 0.491. The zero-order valence-electron chi connectivity index (χ0n) is 18.6. The van der Waals surface area contributed by atoms with E-state index in [1.165, 1.54) is 5.56 Å². The van der Waals surface area contributed by atoms with E-state index in [0.717, 1.165) is 35.6 Å². The minimum Gasteiger partial charge on any atom is -0.478 e. The Balaban J connectivity index is 0.000000277. The number of hydrogen-bond acceptors (Lipinski definition) is 9. The first-order chi connectivity index (χ1) is 16.8. The van der Waals surface area contributed by atoms with Crippen LogP contribution in [0.2, 0.25) is 0 Å². The van der Waals surface area contributed by atoms with Crippen LogP contribution in [0.5, 0.6) is 23.0 Å². The fraction of sp³-hybridized carbons (Fsp3) is 0.292. The van der Waals surface area contributed by atoms with Crippen molar-refractivity contribution in [2.75, 3.05) is 27.2 Å². The molecule has 0 saturated heterocycles. The number of nitrogens with zero attached hydrogens (tertiary/aromatic N) is 1. The number of carbonyl (C=O) groups is 3. The number of aliphatic carboxylic acids is 2. The number of cyclic esters (lactones) is 1. The number of hydrogen-bond donors (Lipinski definition) is 2. The van der Waals surface area contributed by atoms with Crippen LogP contribution >= 0.6 is 0 Å². The highest BCUT2D eigenvalue weighted by molar-refractivity contribution is 5.98. The molecule has 6 rings (SSSR count). The lowest BCUT2D eigenvalue weighted by atomic mass is 9.86. The average Bonchev–Trinajstić information content (AvgIpc) is 3.55. The number of carbonyl (C=O) groups excluding carboxylic acids is 1. The summed E-state index contributed by atoms with van der Waals surface area (Å²) in [5, 5.41) is 15.6. The fourth-order valence-corrected chi connectivity index (χ4v) is 4.61. The van der Waals surface area contributed by atoms with Crippen LogP contribution in [0.4, 0.5) is 0 Å². The van der Waals surface area contributed by atoms with Gasteiger partial charge in [-0.25, -0.2) is 14.4 Å². The zero-order chi connectivity index (χ0) is 24.7. The SMILES string of the molecule is CN1CCc2cc3c(cc2[C@H]1[C@@H]1OC(=O)c2c1ccc1c2OCO1)OCO3.O=C(O)/C=C\C(=O)O. The Morgan fingerprint density at radius 2 is 1.60 bits per heavy atom. The van der Waals surface area contributed by atoms with Crippen molar-refractivity contribution in [1.82, 2.24) is 4.90 Å². The molecule has 11 heteroatoms. The second-order valence-electron chi connectivity index (χ2n) is 8.18. The Labute approximate surface area is 199 Å². The third-order valence-electron chi connectivity index (χ3n) is 6.13. The summed E-state index contributed by atoms with van der Waals surface area (Å²) in [7, 11) is 2.05. The molecule has 4 heterocycles.